The van der Waals surface area contributed by atoms with Gasteiger partial charge in [0.05, 0.1) is 6.61 Å². The van der Waals surface area contributed by atoms with E-state index in [1.165, 1.54) is 17.7 Å². The summed E-state index contributed by atoms with van der Waals surface area (Å²) in [6, 6.07) is 19.1. The van der Waals surface area contributed by atoms with Crippen LogP contribution < -0.4 is 9.47 Å². The summed E-state index contributed by atoms with van der Waals surface area (Å²) in [4.78, 5) is 0. The van der Waals surface area contributed by atoms with Crippen molar-refractivity contribution in [3.63, 3.8) is 0 Å². The molecule has 0 saturated carbocycles. The Morgan fingerprint density at radius 3 is 1.64 bits per heavy atom. The molecule has 0 heterocycles. The first-order valence-corrected chi connectivity index (χ1v) is 9.54. The van der Waals surface area contributed by atoms with E-state index in [1.54, 1.807) is 0 Å². The maximum atomic E-state index is 14.2. The van der Waals surface area contributed by atoms with Gasteiger partial charge in [0.1, 0.15) is 6.61 Å². The fraction of sp³-hybridized carbons (Fsp3) is 0.250. The average Bonchev–Trinajstić information content (AvgIpc) is 2.74. The molecule has 0 saturated heterocycles. The van der Waals surface area contributed by atoms with Gasteiger partial charge in [0.2, 0.25) is 11.6 Å². The van der Waals surface area contributed by atoms with Crippen molar-refractivity contribution in [2.24, 2.45) is 0 Å². The van der Waals surface area contributed by atoms with Gasteiger partial charge < -0.3 is 9.47 Å². The Kier molecular flexibility index (Phi) is 6.64. The summed E-state index contributed by atoms with van der Waals surface area (Å²) in [7, 11) is 0. The molecule has 0 atom stereocenters. The number of ether oxygens (including phenoxy) is 2. The molecule has 0 aliphatic heterocycles. The highest BCUT2D eigenvalue weighted by Gasteiger charge is 2.15. The molecule has 3 aromatic rings. The molecule has 3 rings (SSSR count). The first-order chi connectivity index (χ1) is 13.6. The van der Waals surface area contributed by atoms with Crippen LogP contribution in [0.15, 0.2) is 60.7 Å². The van der Waals surface area contributed by atoms with Crippen LogP contribution in [0.4, 0.5) is 8.78 Å². The van der Waals surface area contributed by atoms with Gasteiger partial charge in [-0.15, -0.1) is 0 Å². The predicted molar refractivity (Wildman–Crippen MR) is 108 cm³/mol. The Morgan fingerprint density at radius 1 is 0.643 bits per heavy atom. The van der Waals surface area contributed by atoms with E-state index in [4.69, 9.17) is 9.47 Å². The van der Waals surface area contributed by atoms with Crippen LogP contribution in [-0.4, -0.2) is 6.61 Å². The molecule has 0 aliphatic rings. The van der Waals surface area contributed by atoms with Gasteiger partial charge in [0, 0.05) is 0 Å². The quantitative estimate of drug-likeness (QED) is 0.439. The maximum absolute atomic E-state index is 14.2. The first kappa shape index (κ1) is 19.9. The molecule has 0 amide bonds. The second-order valence-corrected chi connectivity index (χ2v) is 6.57. The lowest BCUT2D eigenvalue weighted by atomic mass is 10.0. The van der Waals surface area contributed by atoms with E-state index in [2.05, 4.69) is 31.2 Å². The van der Waals surface area contributed by atoms with E-state index < -0.39 is 11.6 Å². The molecule has 0 N–H and O–H groups in total. The number of benzene rings is 3. The van der Waals surface area contributed by atoms with Crippen LogP contribution in [0, 0.1) is 11.6 Å². The second kappa shape index (κ2) is 9.36. The van der Waals surface area contributed by atoms with Crippen LogP contribution >= 0.6 is 0 Å². The Bertz CT molecular complexity index is 903. The van der Waals surface area contributed by atoms with Crippen molar-refractivity contribution in [1.29, 1.82) is 0 Å². The van der Waals surface area contributed by atoms with E-state index in [0.29, 0.717) is 6.61 Å². The van der Waals surface area contributed by atoms with Crippen molar-refractivity contribution in [3.05, 3.63) is 83.4 Å². The van der Waals surface area contributed by atoms with Gasteiger partial charge in [0.15, 0.2) is 11.5 Å². The normalized spacial score (nSPS) is 10.7. The first-order valence-electron chi connectivity index (χ1n) is 9.54. The average molecular weight is 382 g/mol. The predicted octanol–water partition coefficient (Wildman–Crippen LogP) is 6.56. The molecular weight excluding hydrogens is 358 g/mol. The lowest BCUT2D eigenvalue weighted by Gasteiger charge is -2.11. The zero-order valence-electron chi connectivity index (χ0n) is 16.2. The molecule has 0 aliphatic carbocycles. The maximum Gasteiger partial charge on any atom is 0.204 e. The van der Waals surface area contributed by atoms with Crippen molar-refractivity contribution in [3.8, 4) is 22.6 Å². The zero-order valence-corrected chi connectivity index (χ0v) is 16.2. The van der Waals surface area contributed by atoms with Gasteiger partial charge >= 0.3 is 0 Å². The third-order valence-electron chi connectivity index (χ3n) is 4.52. The third-order valence-corrected chi connectivity index (χ3v) is 4.52. The van der Waals surface area contributed by atoms with E-state index in [0.717, 1.165) is 29.5 Å². The Balaban J connectivity index is 1.65. The molecule has 2 nitrogen and oxygen atoms in total. The zero-order chi connectivity index (χ0) is 19.9. The Labute approximate surface area is 164 Å². The molecular formula is C24H24F2O2. The van der Waals surface area contributed by atoms with Crippen LogP contribution in [0.1, 0.15) is 31.4 Å². The number of aryl methyl sites for hydroxylation is 1. The number of hydrogen-bond donors (Lipinski definition) is 0. The number of halogens is 2. The summed E-state index contributed by atoms with van der Waals surface area (Å²) < 4.78 is 38.8. The standard InChI is InChI=1S/C24H24F2O2/c1-3-15-27-21-13-14-22(24(26)23(21)25)28-16-18-7-11-20(12-8-18)19-9-5-17(4-2)6-10-19/h5-14H,3-4,15-16H2,1-2H3. The fourth-order valence-electron chi connectivity index (χ4n) is 2.84. The van der Waals surface area contributed by atoms with Gasteiger partial charge in [-0.1, -0.05) is 62.4 Å². The minimum absolute atomic E-state index is 0.0925. The lowest BCUT2D eigenvalue weighted by molar-refractivity contribution is 0.269. The van der Waals surface area contributed by atoms with Gasteiger partial charge in [0.25, 0.3) is 0 Å². The molecule has 3 aromatic carbocycles. The number of hydrogen-bond acceptors (Lipinski definition) is 2. The molecule has 0 fully saturated rings. The van der Waals surface area contributed by atoms with Crippen molar-refractivity contribution in [1.82, 2.24) is 0 Å². The van der Waals surface area contributed by atoms with Crippen LogP contribution in [0.5, 0.6) is 11.5 Å². The fourth-order valence-corrected chi connectivity index (χ4v) is 2.84. The van der Waals surface area contributed by atoms with E-state index in [-0.39, 0.29) is 18.1 Å². The minimum atomic E-state index is -1.03. The van der Waals surface area contributed by atoms with Gasteiger partial charge in [-0.05, 0) is 47.2 Å². The monoisotopic (exact) mass is 382 g/mol. The Hall–Kier alpha value is -2.88. The van der Waals surface area contributed by atoms with Gasteiger partial charge in [-0.3, -0.25) is 0 Å². The van der Waals surface area contributed by atoms with E-state index >= 15 is 0 Å². The second-order valence-electron chi connectivity index (χ2n) is 6.57. The highest BCUT2D eigenvalue weighted by atomic mass is 19.2. The SMILES string of the molecule is CCCOc1ccc(OCc2ccc(-c3ccc(CC)cc3)cc2)c(F)c1F. The van der Waals surface area contributed by atoms with Crippen LogP contribution in [-0.2, 0) is 13.0 Å². The van der Waals surface area contributed by atoms with Crippen LogP contribution in [0.3, 0.4) is 0 Å². The molecule has 146 valence electrons. The molecule has 28 heavy (non-hydrogen) atoms. The highest BCUT2D eigenvalue weighted by molar-refractivity contribution is 5.63. The minimum Gasteiger partial charge on any atom is -0.490 e. The van der Waals surface area contributed by atoms with E-state index in [9.17, 15) is 8.78 Å². The summed E-state index contributed by atoms with van der Waals surface area (Å²) in [6.45, 7) is 4.52. The largest absolute Gasteiger partial charge is 0.490 e. The molecule has 0 spiro atoms. The lowest BCUT2D eigenvalue weighted by Crippen LogP contribution is -2.02. The van der Waals surface area contributed by atoms with Crippen molar-refractivity contribution >= 4 is 0 Å². The topological polar surface area (TPSA) is 18.5 Å². The van der Waals surface area contributed by atoms with Gasteiger partial charge in [-0.2, -0.15) is 8.78 Å². The van der Waals surface area contributed by atoms with E-state index in [1.807, 2.05) is 31.2 Å². The third kappa shape index (κ3) is 4.69. The molecule has 0 bridgehead atoms. The van der Waals surface area contributed by atoms with Crippen LogP contribution in [0.2, 0.25) is 0 Å². The summed E-state index contributed by atoms with van der Waals surface area (Å²) in [5.74, 6) is -2.26. The van der Waals surface area contributed by atoms with Crippen LogP contribution in [0.25, 0.3) is 11.1 Å². The summed E-state index contributed by atoms with van der Waals surface area (Å²) >= 11 is 0. The summed E-state index contributed by atoms with van der Waals surface area (Å²) in [6.07, 6.45) is 1.73. The molecule has 0 unspecified atom stereocenters. The Morgan fingerprint density at radius 2 is 1.14 bits per heavy atom. The molecule has 0 aromatic heterocycles. The van der Waals surface area contributed by atoms with Gasteiger partial charge in [-0.25, -0.2) is 0 Å². The highest BCUT2D eigenvalue weighted by Crippen LogP contribution is 2.28. The molecule has 4 heteroatoms. The molecule has 0 radical (unpaired) electrons. The van der Waals surface area contributed by atoms with Crippen molar-refractivity contribution in [2.45, 2.75) is 33.3 Å². The summed E-state index contributed by atoms with van der Waals surface area (Å²) in [5.41, 5.74) is 4.41. The smallest absolute Gasteiger partial charge is 0.204 e. The number of rotatable bonds is 8. The summed E-state index contributed by atoms with van der Waals surface area (Å²) in [5, 5.41) is 0. The van der Waals surface area contributed by atoms with Crippen molar-refractivity contribution in [2.75, 3.05) is 6.61 Å². The van der Waals surface area contributed by atoms with Crippen molar-refractivity contribution < 1.29 is 18.3 Å².